The van der Waals surface area contributed by atoms with Crippen LogP contribution in [0.2, 0.25) is 0 Å². The van der Waals surface area contributed by atoms with Crippen LogP contribution in [0, 0.1) is 17.6 Å². The Hall–Kier alpha value is -2.35. The molecule has 1 aromatic rings. The lowest BCUT2D eigenvalue weighted by molar-refractivity contribution is -0.129. The zero-order chi connectivity index (χ0) is 19.4. The molecule has 28 heavy (non-hydrogen) atoms. The van der Waals surface area contributed by atoms with Crippen LogP contribution in [0.25, 0.3) is 0 Å². The summed E-state index contributed by atoms with van der Waals surface area (Å²) in [4.78, 5) is 28.7. The third-order valence-electron chi connectivity index (χ3n) is 6.79. The minimum Gasteiger partial charge on any atom is -0.332 e. The van der Waals surface area contributed by atoms with Crippen molar-refractivity contribution >= 4 is 17.5 Å². The normalized spacial score (nSPS) is 34.1. The Labute approximate surface area is 161 Å². The highest BCUT2D eigenvalue weighted by atomic mass is 19.2. The summed E-state index contributed by atoms with van der Waals surface area (Å²) in [6.07, 6.45) is 2.56. The molecule has 0 aromatic heterocycles. The van der Waals surface area contributed by atoms with Crippen molar-refractivity contribution in [3.63, 3.8) is 0 Å². The van der Waals surface area contributed by atoms with Gasteiger partial charge in [-0.1, -0.05) is 12.1 Å². The number of fused-ring (bicyclic) bond motifs is 2. The Morgan fingerprint density at radius 3 is 2.64 bits per heavy atom. The van der Waals surface area contributed by atoms with Gasteiger partial charge < -0.3 is 4.90 Å². The average Bonchev–Trinajstić information content (AvgIpc) is 3.14. The van der Waals surface area contributed by atoms with Gasteiger partial charge in [0.1, 0.15) is 5.71 Å². The van der Waals surface area contributed by atoms with Gasteiger partial charge in [0, 0.05) is 31.3 Å². The fraction of sp³-hybridized carbons (Fsp3) is 0.550. The van der Waals surface area contributed by atoms with Crippen molar-refractivity contribution in [2.24, 2.45) is 11.0 Å². The molecule has 6 nitrogen and oxygen atoms in total. The SMILES string of the molecule is O=C1CCC(C(=O)N2C[C@@H](c3cccc(F)c3F)[C@@H]3[C@H]2C2CCN3CC2)=NN1. The van der Waals surface area contributed by atoms with Gasteiger partial charge in [-0.25, -0.2) is 14.2 Å². The van der Waals surface area contributed by atoms with Crippen LogP contribution >= 0.6 is 0 Å². The third-order valence-corrected chi connectivity index (χ3v) is 6.79. The summed E-state index contributed by atoms with van der Waals surface area (Å²) in [6.45, 7) is 2.20. The predicted octanol–water partition coefficient (Wildman–Crippen LogP) is 1.62. The highest BCUT2D eigenvalue weighted by molar-refractivity contribution is 6.39. The van der Waals surface area contributed by atoms with E-state index < -0.39 is 11.6 Å². The van der Waals surface area contributed by atoms with Gasteiger partial charge in [-0.15, -0.1) is 0 Å². The quantitative estimate of drug-likeness (QED) is 0.838. The summed E-state index contributed by atoms with van der Waals surface area (Å²) in [5.74, 6) is -1.97. The number of halogens is 2. The maximum Gasteiger partial charge on any atom is 0.270 e. The lowest BCUT2D eigenvalue weighted by atomic mass is 9.75. The van der Waals surface area contributed by atoms with Crippen LogP contribution < -0.4 is 5.43 Å². The maximum atomic E-state index is 14.6. The van der Waals surface area contributed by atoms with E-state index >= 15 is 0 Å². The molecule has 4 fully saturated rings. The molecule has 3 atom stereocenters. The molecule has 1 N–H and O–H groups in total. The van der Waals surface area contributed by atoms with E-state index in [0.29, 0.717) is 30.2 Å². The van der Waals surface area contributed by atoms with Gasteiger partial charge in [-0.3, -0.25) is 14.5 Å². The highest BCUT2D eigenvalue weighted by Crippen LogP contribution is 2.47. The Kier molecular flexibility index (Phi) is 4.19. The molecule has 0 unspecified atom stereocenters. The number of nitrogens with zero attached hydrogens (tertiary/aromatic N) is 3. The number of hydrogen-bond donors (Lipinski definition) is 1. The minimum atomic E-state index is -0.853. The monoisotopic (exact) mass is 388 g/mol. The van der Waals surface area contributed by atoms with Crippen LogP contribution in [0.15, 0.2) is 23.3 Å². The second-order valence-corrected chi connectivity index (χ2v) is 8.16. The molecule has 2 bridgehead atoms. The zero-order valence-electron chi connectivity index (χ0n) is 15.4. The first-order valence-corrected chi connectivity index (χ1v) is 9.89. The van der Waals surface area contributed by atoms with Gasteiger partial charge >= 0.3 is 0 Å². The van der Waals surface area contributed by atoms with E-state index in [1.807, 2.05) is 4.90 Å². The van der Waals surface area contributed by atoms with Crippen LogP contribution in [0.4, 0.5) is 8.78 Å². The van der Waals surface area contributed by atoms with Crippen molar-refractivity contribution in [1.82, 2.24) is 15.2 Å². The van der Waals surface area contributed by atoms with E-state index in [1.54, 1.807) is 6.07 Å². The summed E-state index contributed by atoms with van der Waals surface area (Å²) < 4.78 is 28.5. The van der Waals surface area contributed by atoms with Crippen molar-refractivity contribution in [1.29, 1.82) is 0 Å². The summed E-state index contributed by atoms with van der Waals surface area (Å²) in [6, 6.07) is 4.26. The van der Waals surface area contributed by atoms with Crippen LogP contribution in [-0.2, 0) is 9.59 Å². The van der Waals surface area contributed by atoms with E-state index in [2.05, 4.69) is 15.4 Å². The molecule has 0 radical (unpaired) electrons. The number of hydrogen-bond acceptors (Lipinski definition) is 4. The Balaban J connectivity index is 1.51. The van der Waals surface area contributed by atoms with Crippen molar-refractivity contribution in [3.8, 4) is 0 Å². The first kappa shape index (κ1) is 17.7. The Morgan fingerprint density at radius 2 is 1.93 bits per heavy atom. The lowest BCUT2D eigenvalue weighted by Gasteiger charge is -2.51. The van der Waals surface area contributed by atoms with Gasteiger partial charge in [0.2, 0.25) is 5.91 Å². The number of amides is 2. The Morgan fingerprint density at radius 1 is 1.14 bits per heavy atom. The number of likely N-dealkylation sites (tertiary alicyclic amines) is 1. The largest absolute Gasteiger partial charge is 0.332 e. The Bertz CT molecular complexity index is 866. The number of nitrogens with one attached hydrogen (secondary N) is 1. The number of piperidine rings is 3. The summed E-state index contributed by atoms with van der Waals surface area (Å²) in [7, 11) is 0. The summed E-state index contributed by atoms with van der Waals surface area (Å²) >= 11 is 0. The van der Waals surface area contributed by atoms with Gasteiger partial charge in [-0.05, 0) is 43.5 Å². The first-order valence-electron chi connectivity index (χ1n) is 9.89. The molecule has 5 heterocycles. The number of carbonyl (C=O) groups is 2. The topological polar surface area (TPSA) is 65.0 Å². The maximum absolute atomic E-state index is 14.6. The van der Waals surface area contributed by atoms with Gasteiger partial charge in [0.05, 0.1) is 6.04 Å². The van der Waals surface area contributed by atoms with Gasteiger partial charge in [0.15, 0.2) is 11.6 Å². The highest BCUT2D eigenvalue weighted by Gasteiger charge is 2.55. The fourth-order valence-corrected chi connectivity index (χ4v) is 5.53. The standard InChI is InChI=1S/C20H22F2N4O2/c21-14-3-1-2-12(17(14)22)13-10-26(20(28)15-4-5-16(27)24-23-15)18-11-6-8-25(9-7-11)19(13)18/h1-3,11,13,18-19H,4-10H2,(H,24,27)/t13-,18+,19+/m0/s1. The number of benzene rings is 1. The molecule has 0 saturated carbocycles. The van der Waals surface area contributed by atoms with E-state index in [-0.39, 0.29) is 36.2 Å². The minimum absolute atomic E-state index is 0.00784. The number of carbonyl (C=O) groups excluding carboxylic acids is 2. The molecule has 5 aliphatic heterocycles. The molecule has 148 valence electrons. The van der Waals surface area contributed by atoms with Gasteiger partial charge in [0.25, 0.3) is 5.91 Å². The van der Waals surface area contributed by atoms with E-state index in [4.69, 9.17) is 0 Å². The first-order chi connectivity index (χ1) is 13.5. The van der Waals surface area contributed by atoms with Crippen LogP contribution in [0.1, 0.15) is 37.2 Å². The van der Waals surface area contributed by atoms with Crippen LogP contribution in [0.5, 0.6) is 0 Å². The fourth-order valence-electron chi connectivity index (χ4n) is 5.53. The van der Waals surface area contributed by atoms with Gasteiger partial charge in [-0.2, -0.15) is 5.10 Å². The van der Waals surface area contributed by atoms with Crippen LogP contribution in [0.3, 0.4) is 0 Å². The summed E-state index contributed by atoms with van der Waals surface area (Å²) in [5, 5.41) is 3.96. The van der Waals surface area contributed by atoms with Crippen LogP contribution in [-0.4, -0.2) is 59.0 Å². The summed E-state index contributed by atoms with van der Waals surface area (Å²) in [5.41, 5.74) is 3.07. The lowest BCUT2D eigenvalue weighted by Crippen LogP contribution is -2.61. The molecule has 0 spiro atoms. The second-order valence-electron chi connectivity index (χ2n) is 8.16. The second kappa shape index (κ2) is 6.62. The van der Waals surface area contributed by atoms with Crippen molar-refractivity contribution in [2.75, 3.05) is 19.6 Å². The third kappa shape index (κ3) is 2.65. The van der Waals surface area contributed by atoms with Crippen molar-refractivity contribution in [3.05, 3.63) is 35.4 Å². The molecule has 2 amide bonds. The van der Waals surface area contributed by atoms with Crippen molar-refractivity contribution < 1.29 is 18.4 Å². The molecule has 0 aliphatic carbocycles. The molecule has 6 rings (SSSR count). The molecule has 1 aromatic carbocycles. The molecular weight excluding hydrogens is 366 g/mol. The predicted molar refractivity (Wildman–Crippen MR) is 97.5 cm³/mol. The molecule has 5 aliphatic rings. The average molecular weight is 388 g/mol. The van der Waals surface area contributed by atoms with E-state index in [9.17, 15) is 18.4 Å². The zero-order valence-corrected chi connectivity index (χ0v) is 15.4. The molecule has 4 saturated heterocycles. The van der Waals surface area contributed by atoms with E-state index in [1.165, 1.54) is 6.07 Å². The van der Waals surface area contributed by atoms with E-state index in [0.717, 1.165) is 32.0 Å². The van der Waals surface area contributed by atoms with Crippen molar-refractivity contribution in [2.45, 2.75) is 43.7 Å². The molecule has 8 heteroatoms. The molecular formula is C20H22F2N4O2. The smallest absolute Gasteiger partial charge is 0.270 e. The number of rotatable bonds is 2. The number of hydrazone groups is 1.